The highest BCUT2D eigenvalue weighted by molar-refractivity contribution is 6.32. The largest absolute Gasteiger partial charge is 0.489 e. The Kier molecular flexibility index (Phi) is 7.16. The van der Waals surface area contributed by atoms with E-state index in [9.17, 15) is 9.59 Å². The van der Waals surface area contributed by atoms with E-state index < -0.39 is 0 Å². The monoisotopic (exact) mass is 434 g/mol. The summed E-state index contributed by atoms with van der Waals surface area (Å²) < 4.78 is 11.5. The van der Waals surface area contributed by atoms with Crippen LogP contribution in [0.5, 0.6) is 5.75 Å². The predicted octanol–water partition coefficient (Wildman–Crippen LogP) is 3.81. The van der Waals surface area contributed by atoms with Crippen molar-refractivity contribution in [2.24, 2.45) is 5.92 Å². The summed E-state index contributed by atoms with van der Waals surface area (Å²) in [7, 11) is 0. The maximum Gasteiger partial charge on any atom is 0.251 e. The van der Waals surface area contributed by atoms with Gasteiger partial charge in [0.15, 0.2) is 0 Å². The average Bonchev–Trinajstić information content (AvgIpc) is 3.29. The number of carbonyl (C=O) groups excluding carboxylic acids is 2. The lowest BCUT2D eigenvalue weighted by molar-refractivity contribution is -0.140. The second-order valence-corrected chi connectivity index (χ2v) is 9.04. The minimum atomic E-state index is -0.0738. The number of likely N-dealkylation sites (tertiary alicyclic amines) is 1. The van der Waals surface area contributed by atoms with Gasteiger partial charge in [-0.05, 0) is 43.9 Å². The zero-order valence-electron chi connectivity index (χ0n) is 17.4. The molecule has 3 aliphatic rings. The van der Waals surface area contributed by atoms with Crippen LogP contribution in [0.1, 0.15) is 61.7 Å². The second kappa shape index (κ2) is 10.0. The standard InChI is InChI=1S/C23H31ClN2O4/c24-20-15-17(22(27)25-18-3-1-2-4-18)5-6-21(20)30-19-7-11-26(12-8-19)23(28)16-9-13-29-14-10-16/h5-6,15-16,18-19H,1-4,7-14H2,(H,25,27). The van der Waals surface area contributed by atoms with Crippen molar-refractivity contribution in [1.82, 2.24) is 10.2 Å². The van der Waals surface area contributed by atoms with Crippen LogP contribution in [-0.2, 0) is 9.53 Å². The molecule has 1 aromatic carbocycles. The van der Waals surface area contributed by atoms with E-state index in [2.05, 4.69) is 5.32 Å². The lowest BCUT2D eigenvalue weighted by Crippen LogP contribution is -2.45. The zero-order chi connectivity index (χ0) is 20.9. The maximum absolute atomic E-state index is 12.7. The number of ether oxygens (including phenoxy) is 2. The number of hydrogen-bond acceptors (Lipinski definition) is 4. The van der Waals surface area contributed by atoms with Crippen LogP contribution in [0.3, 0.4) is 0 Å². The number of hydrogen-bond donors (Lipinski definition) is 1. The van der Waals surface area contributed by atoms with Gasteiger partial charge < -0.3 is 19.7 Å². The summed E-state index contributed by atoms with van der Waals surface area (Å²) in [4.78, 5) is 27.1. The second-order valence-electron chi connectivity index (χ2n) is 8.63. The topological polar surface area (TPSA) is 67.9 Å². The molecule has 0 atom stereocenters. The first-order valence-electron chi connectivity index (χ1n) is 11.2. The van der Waals surface area contributed by atoms with E-state index in [0.717, 1.165) is 38.5 Å². The molecule has 0 aromatic heterocycles. The van der Waals surface area contributed by atoms with Crippen molar-refractivity contribution in [3.8, 4) is 5.75 Å². The molecule has 0 spiro atoms. The molecule has 6 nitrogen and oxygen atoms in total. The highest BCUT2D eigenvalue weighted by Gasteiger charge is 2.30. The number of halogens is 1. The number of piperidine rings is 1. The Morgan fingerprint density at radius 1 is 1.03 bits per heavy atom. The van der Waals surface area contributed by atoms with Gasteiger partial charge in [-0.25, -0.2) is 0 Å². The molecule has 1 saturated carbocycles. The van der Waals surface area contributed by atoms with Crippen molar-refractivity contribution in [3.05, 3.63) is 28.8 Å². The van der Waals surface area contributed by atoms with Gasteiger partial charge in [0, 0.05) is 56.7 Å². The van der Waals surface area contributed by atoms with Crippen LogP contribution < -0.4 is 10.1 Å². The summed E-state index contributed by atoms with van der Waals surface area (Å²) in [6.07, 6.45) is 7.71. The molecule has 30 heavy (non-hydrogen) atoms. The first kappa shape index (κ1) is 21.4. The lowest BCUT2D eigenvalue weighted by atomic mass is 9.97. The Labute approximate surface area is 183 Å². The first-order valence-corrected chi connectivity index (χ1v) is 11.6. The fraction of sp³-hybridized carbons (Fsp3) is 0.652. The molecule has 1 N–H and O–H groups in total. The third kappa shape index (κ3) is 5.27. The van der Waals surface area contributed by atoms with Crippen molar-refractivity contribution >= 4 is 23.4 Å². The molecule has 0 bridgehead atoms. The van der Waals surface area contributed by atoms with E-state index in [1.165, 1.54) is 12.8 Å². The molecule has 164 valence electrons. The van der Waals surface area contributed by atoms with Crippen molar-refractivity contribution in [2.75, 3.05) is 26.3 Å². The minimum Gasteiger partial charge on any atom is -0.489 e. The molecule has 2 heterocycles. The van der Waals surface area contributed by atoms with E-state index in [0.29, 0.717) is 42.6 Å². The van der Waals surface area contributed by atoms with Crippen LogP contribution >= 0.6 is 11.6 Å². The van der Waals surface area contributed by atoms with Crippen LogP contribution in [0.15, 0.2) is 18.2 Å². The van der Waals surface area contributed by atoms with Gasteiger partial charge in [0.05, 0.1) is 5.02 Å². The Balaban J connectivity index is 1.27. The van der Waals surface area contributed by atoms with E-state index in [-0.39, 0.29) is 29.9 Å². The van der Waals surface area contributed by atoms with Gasteiger partial charge in [-0.2, -0.15) is 0 Å². The Bertz CT molecular complexity index is 752. The summed E-state index contributed by atoms with van der Waals surface area (Å²) in [5.41, 5.74) is 0.566. The number of rotatable bonds is 5. The van der Waals surface area contributed by atoms with E-state index >= 15 is 0 Å². The molecule has 1 aliphatic carbocycles. The molecule has 2 aliphatic heterocycles. The van der Waals surface area contributed by atoms with Crippen molar-refractivity contribution in [2.45, 2.75) is 63.5 Å². The van der Waals surface area contributed by atoms with Crippen LogP contribution in [0.25, 0.3) is 0 Å². The highest BCUT2D eigenvalue weighted by Crippen LogP contribution is 2.29. The molecular formula is C23H31ClN2O4. The SMILES string of the molecule is O=C(NC1CCCC1)c1ccc(OC2CCN(C(=O)C3CCOCC3)CC2)c(Cl)c1. The fourth-order valence-corrected chi connectivity index (χ4v) is 4.88. The van der Waals surface area contributed by atoms with Gasteiger partial charge in [0.25, 0.3) is 5.91 Å². The van der Waals surface area contributed by atoms with Gasteiger partial charge in [0.2, 0.25) is 5.91 Å². The fourth-order valence-electron chi connectivity index (χ4n) is 4.65. The average molecular weight is 435 g/mol. The lowest BCUT2D eigenvalue weighted by Gasteiger charge is -2.35. The molecule has 0 unspecified atom stereocenters. The minimum absolute atomic E-state index is 0.0272. The maximum atomic E-state index is 12.7. The Morgan fingerprint density at radius 2 is 1.73 bits per heavy atom. The van der Waals surface area contributed by atoms with Gasteiger partial charge in [0.1, 0.15) is 11.9 Å². The molecule has 7 heteroatoms. The summed E-state index contributed by atoms with van der Waals surface area (Å²) in [5, 5.41) is 3.54. The molecule has 0 radical (unpaired) electrons. The highest BCUT2D eigenvalue weighted by atomic mass is 35.5. The van der Waals surface area contributed by atoms with E-state index in [4.69, 9.17) is 21.1 Å². The van der Waals surface area contributed by atoms with Crippen molar-refractivity contribution in [1.29, 1.82) is 0 Å². The Hall–Kier alpha value is -1.79. The van der Waals surface area contributed by atoms with Gasteiger partial charge in [-0.15, -0.1) is 0 Å². The number of carbonyl (C=O) groups is 2. The van der Waals surface area contributed by atoms with E-state index in [1.807, 2.05) is 4.90 Å². The molecule has 2 amide bonds. The molecular weight excluding hydrogens is 404 g/mol. The predicted molar refractivity (Wildman–Crippen MR) is 115 cm³/mol. The molecule has 1 aromatic rings. The van der Waals surface area contributed by atoms with E-state index in [1.54, 1.807) is 18.2 Å². The van der Waals surface area contributed by atoms with Gasteiger partial charge in [-0.1, -0.05) is 24.4 Å². The quantitative estimate of drug-likeness (QED) is 0.765. The smallest absolute Gasteiger partial charge is 0.251 e. The number of amides is 2. The molecule has 4 rings (SSSR count). The van der Waals surface area contributed by atoms with Gasteiger partial charge in [-0.3, -0.25) is 9.59 Å². The zero-order valence-corrected chi connectivity index (χ0v) is 18.2. The Morgan fingerprint density at radius 3 is 2.40 bits per heavy atom. The normalized spacial score (nSPS) is 21.6. The van der Waals surface area contributed by atoms with Crippen LogP contribution in [0.4, 0.5) is 0 Å². The third-order valence-electron chi connectivity index (χ3n) is 6.50. The molecule has 3 fully saturated rings. The molecule has 2 saturated heterocycles. The van der Waals surface area contributed by atoms with Crippen molar-refractivity contribution < 1.29 is 19.1 Å². The number of nitrogens with zero attached hydrogens (tertiary/aromatic N) is 1. The summed E-state index contributed by atoms with van der Waals surface area (Å²) in [6, 6.07) is 5.52. The van der Waals surface area contributed by atoms with Crippen LogP contribution in [0, 0.1) is 5.92 Å². The van der Waals surface area contributed by atoms with Crippen LogP contribution in [0.2, 0.25) is 5.02 Å². The summed E-state index contributed by atoms with van der Waals surface area (Å²) >= 11 is 6.41. The number of benzene rings is 1. The summed E-state index contributed by atoms with van der Waals surface area (Å²) in [6.45, 7) is 2.78. The van der Waals surface area contributed by atoms with Gasteiger partial charge >= 0.3 is 0 Å². The summed E-state index contributed by atoms with van der Waals surface area (Å²) in [5.74, 6) is 0.888. The third-order valence-corrected chi connectivity index (χ3v) is 6.80. The van der Waals surface area contributed by atoms with Crippen LogP contribution in [-0.4, -0.2) is 55.2 Å². The number of nitrogens with one attached hydrogen (secondary N) is 1. The first-order chi connectivity index (χ1) is 14.6. The van der Waals surface area contributed by atoms with Crippen molar-refractivity contribution in [3.63, 3.8) is 0 Å².